The lowest BCUT2D eigenvalue weighted by Gasteiger charge is -2.25. The zero-order valence-corrected chi connectivity index (χ0v) is 11.2. The Morgan fingerprint density at radius 2 is 2.29 bits per heavy atom. The molecule has 0 saturated heterocycles. The fourth-order valence-corrected chi connectivity index (χ4v) is 2.34. The van der Waals surface area contributed by atoms with Gasteiger partial charge in [0.15, 0.2) is 0 Å². The lowest BCUT2D eigenvalue weighted by Crippen LogP contribution is -2.15. The number of unbranched alkanes of at least 4 members (excludes halogenated alkanes) is 1. The topological polar surface area (TPSA) is 29.9 Å². The summed E-state index contributed by atoms with van der Waals surface area (Å²) >= 11 is 0. The van der Waals surface area contributed by atoms with Gasteiger partial charge in [-0.2, -0.15) is 0 Å². The summed E-state index contributed by atoms with van der Waals surface area (Å²) in [7, 11) is 0. The standard InChI is InChI=1S/C14H25N3/c1-3-4-9-15-14-16-12(2)11-17(14)10-8-13-6-5-7-13/h11,13H,3-10H2,1-2H3,(H,15,16). The minimum atomic E-state index is 0.973. The third-order valence-electron chi connectivity index (χ3n) is 3.71. The zero-order valence-electron chi connectivity index (χ0n) is 11.2. The first-order valence-electron chi connectivity index (χ1n) is 7.07. The lowest BCUT2D eigenvalue weighted by atomic mass is 9.83. The van der Waals surface area contributed by atoms with Crippen LogP contribution in [-0.2, 0) is 6.54 Å². The normalized spacial score (nSPS) is 15.9. The summed E-state index contributed by atoms with van der Waals surface area (Å²) in [6.07, 6.45) is 10.3. The summed E-state index contributed by atoms with van der Waals surface area (Å²) in [6, 6.07) is 0. The van der Waals surface area contributed by atoms with Crippen molar-refractivity contribution in [3.63, 3.8) is 0 Å². The number of imidazole rings is 1. The van der Waals surface area contributed by atoms with Crippen molar-refractivity contribution in [3.8, 4) is 0 Å². The van der Waals surface area contributed by atoms with E-state index in [1.54, 1.807) is 0 Å². The third kappa shape index (κ3) is 3.48. The highest BCUT2D eigenvalue weighted by molar-refractivity contribution is 5.28. The largest absolute Gasteiger partial charge is 0.356 e. The molecule has 17 heavy (non-hydrogen) atoms. The molecule has 1 aliphatic carbocycles. The van der Waals surface area contributed by atoms with Gasteiger partial charge in [0.2, 0.25) is 5.95 Å². The van der Waals surface area contributed by atoms with Gasteiger partial charge < -0.3 is 9.88 Å². The van der Waals surface area contributed by atoms with Crippen molar-refractivity contribution in [2.24, 2.45) is 5.92 Å². The molecule has 0 unspecified atom stereocenters. The molecule has 1 N–H and O–H groups in total. The van der Waals surface area contributed by atoms with Crippen molar-refractivity contribution < 1.29 is 0 Å². The number of nitrogens with one attached hydrogen (secondary N) is 1. The van der Waals surface area contributed by atoms with E-state index in [1.165, 1.54) is 38.5 Å². The molecule has 1 heterocycles. The van der Waals surface area contributed by atoms with E-state index < -0.39 is 0 Å². The van der Waals surface area contributed by atoms with Crippen molar-refractivity contribution in [3.05, 3.63) is 11.9 Å². The summed E-state index contributed by atoms with van der Waals surface area (Å²) in [6.45, 7) is 6.46. The average molecular weight is 235 g/mol. The van der Waals surface area contributed by atoms with Gasteiger partial charge in [0.05, 0.1) is 5.69 Å². The molecule has 0 aromatic carbocycles. The van der Waals surface area contributed by atoms with Crippen LogP contribution in [0.4, 0.5) is 5.95 Å². The molecule has 0 amide bonds. The highest BCUT2D eigenvalue weighted by Crippen LogP contribution is 2.30. The van der Waals surface area contributed by atoms with E-state index in [-0.39, 0.29) is 0 Å². The fourth-order valence-electron chi connectivity index (χ4n) is 2.34. The van der Waals surface area contributed by atoms with E-state index in [1.807, 2.05) is 0 Å². The van der Waals surface area contributed by atoms with Crippen molar-refractivity contribution in [2.45, 2.75) is 58.9 Å². The van der Waals surface area contributed by atoms with Crippen LogP contribution in [0.25, 0.3) is 0 Å². The van der Waals surface area contributed by atoms with Crippen LogP contribution < -0.4 is 5.32 Å². The van der Waals surface area contributed by atoms with Crippen LogP contribution in [0.3, 0.4) is 0 Å². The Kier molecular flexibility index (Phi) is 4.46. The van der Waals surface area contributed by atoms with E-state index in [0.29, 0.717) is 0 Å². The van der Waals surface area contributed by atoms with Crippen molar-refractivity contribution >= 4 is 5.95 Å². The molecule has 1 fully saturated rings. The highest BCUT2D eigenvalue weighted by atomic mass is 15.2. The van der Waals surface area contributed by atoms with Crippen LogP contribution in [0.1, 0.15) is 51.1 Å². The van der Waals surface area contributed by atoms with Crippen molar-refractivity contribution in [2.75, 3.05) is 11.9 Å². The molecule has 0 radical (unpaired) electrons. The molecule has 2 rings (SSSR count). The molecule has 0 aliphatic heterocycles. The molecule has 1 aliphatic rings. The Bertz CT molecular complexity index is 339. The van der Waals surface area contributed by atoms with Gasteiger partial charge >= 0.3 is 0 Å². The molecule has 0 atom stereocenters. The van der Waals surface area contributed by atoms with Crippen LogP contribution >= 0.6 is 0 Å². The van der Waals surface area contributed by atoms with Gasteiger partial charge in [0.25, 0.3) is 0 Å². The second-order valence-corrected chi connectivity index (χ2v) is 5.27. The Labute approximate surface area is 105 Å². The van der Waals surface area contributed by atoms with Gasteiger partial charge in [-0.25, -0.2) is 4.98 Å². The van der Waals surface area contributed by atoms with Crippen molar-refractivity contribution in [1.29, 1.82) is 0 Å². The van der Waals surface area contributed by atoms with Crippen LogP contribution in [0.15, 0.2) is 6.20 Å². The molecule has 0 bridgehead atoms. The first-order chi connectivity index (χ1) is 8.29. The number of aryl methyl sites for hydroxylation is 2. The number of hydrogen-bond acceptors (Lipinski definition) is 2. The Balaban J connectivity index is 1.85. The maximum atomic E-state index is 4.56. The summed E-state index contributed by atoms with van der Waals surface area (Å²) in [5.41, 5.74) is 1.12. The minimum absolute atomic E-state index is 0.973. The molecule has 96 valence electrons. The number of anilines is 1. The first kappa shape index (κ1) is 12.5. The second-order valence-electron chi connectivity index (χ2n) is 5.27. The Morgan fingerprint density at radius 1 is 1.47 bits per heavy atom. The summed E-state index contributed by atoms with van der Waals surface area (Å²) in [4.78, 5) is 4.56. The first-order valence-corrected chi connectivity index (χ1v) is 7.07. The van der Waals surface area contributed by atoms with E-state index in [2.05, 4.69) is 34.9 Å². The number of rotatable bonds is 7. The Hall–Kier alpha value is -0.990. The van der Waals surface area contributed by atoms with E-state index >= 15 is 0 Å². The predicted octanol–water partition coefficient (Wildman–Crippen LogP) is 3.59. The molecule has 1 aromatic rings. The molecule has 1 aromatic heterocycles. The summed E-state index contributed by atoms with van der Waals surface area (Å²) < 4.78 is 2.29. The minimum Gasteiger partial charge on any atom is -0.356 e. The van der Waals surface area contributed by atoms with E-state index in [0.717, 1.165) is 30.6 Å². The molecular formula is C14H25N3. The summed E-state index contributed by atoms with van der Waals surface area (Å²) in [5, 5.41) is 3.45. The van der Waals surface area contributed by atoms with Crippen LogP contribution in [0.5, 0.6) is 0 Å². The Morgan fingerprint density at radius 3 is 2.94 bits per heavy atom. The van der Waals surface area contributed by atoms with Gasteiger partial charge in [0.1, 0.15) is 0 Å². The molecule has 3 heteroatoms. The number of hydrogen-bond donors (Lipinski definition) is 1. The zero-order chi connectivity index (χ0) is 12.1. The van der Waals surface area contributed by atoms with Crippen LogP contribution in [-0.4, -0.2) is 16.1 Å². The smallest absolute Gasteiger partial charge is 0.203 e. The maximum Gasteiger partial charge on any atom is 0.203 e. The van der Waals surface area contributed by atoms with Crippen molar-refractivity contribution in [1.82, 2.24) is 9.55 Å². The molecular weight excluding hydrogens is 210 g/mol. The van der Waals surface area contributed by atoms with Gasteiger partial charge in [0, 0.05) is 19.3 Å². The second kappa shape index (κ2) is 6.08. The molecule has 0 spiro atoms. The summed E-state index contributed by atoms with van der Waals surface area (Å²) in [5.74, 6) is 2.04. The number of aromatic nitrogens is 2. The van der Waals surface area contributed by atoms with E-state index in [9.17, 15) is 0 Å². The van der Waals surface area contributed by atoms with E-state index in [4.69, 9.17) is 0 Å². The quantitative estimate of drug-likeness (QED) is 0.732. The average Bonchev–Trinajstić information content (AvgIpc) is 2.57. The SMILES string of the molecule is CCCCNc1nc(C)cn1CCC1CCC1. The fraction of sp³-hybridized carbons (Fsp3) is 0.786. The van der Waals surface area contributed by atoms with Crippen LogP contribution in [0, 0.1) is 12.8 Å². The predicted molar refractivity (Wildman–Crippen MR) is 72.3 cm³/mol. The third-order valence-corrected chi connectivity index (χ3v) is 3.71. The van der Waals surface area contributed by atoms with Gasteiger partial charge in [-0.1, -0.05) is 32.6 Å². The molecule has 3 nitrogen and oxygen atoms in total. The number of nitrogens with zero attached hydrogens (tertiary/aromatic N) is 2. The molecule has 1 saturated carbocycles. The van der Waals surface area contributed by atoms with Gasteiger partial charge in [-0.05, 0) is 25.7 Å². The monoisotopic (exact) mass is 235 g/mol. The highest BCUT2D eigenvalue weighted by Gasteiger charge is 2.17. The lowest BCUT2D eigenvalue weighted by molar-refractivity contribution is 0.283. The van der Waals surface area contributed by atoms with Gasteiger partial charge in [-0.15, -0.1) is 0 Å². The maximum absolute atomic E-state index is 4.56. The van der Waals surface area contributed by atoms with Gasteiger partial charge in [-0.3, -0.25) is 0 Å². The van der Waals surface area contributed by atoms with Crippen LogP contribution in [0.2, 0.25) is 0 Å².